The first-order valence-electron chi connectivity index (χ1n) is 15.7. The van der Waals surface area contributed by atoms with Gasteiger partial charge in [-0.2, -0.15) is 0 Å². The van der Waals surface area contributed by atoms with Crippen LogP contribution in [0.4, 0.5) is 4.79 Å². The van der Waals surface area contributed by atoms with Crippen LogP contribution in [-0.2, 0) is 10.2 Å². The molecule has 40 heavy (non-hydrogen) atoms. The number of ether oxygens (including phenoxy) is 2. The van der Waals surface area contributed by atoms with Gasteiger partial charge in [0, 0.05) is 16.2 Å². The Kier molecular flexibility index (Phi) is 7.46. The summed E-state index contributed by atoms with van der Waals surface area (Å²) < 4.78 is 10.9. The van der Waals surface area contributed by atoms with Gasteiger partial charge in [-0.05, 0) is 110 Å². The standard InChI is InChI=1S/C35H52O4S/c1-20(2)38-31(37)39-30-23(6)29-24(18-25(30)36)33(8)14-16-34(9)27-17-22(5)11-12-32(27,7)13-15-35(34,10)28(33)19-26(29)40-21(3)4/h18-22,26-27,36H,11-17H2,1-10H3/t22-,26?,27+,32+,33-,34-,35+/m0/s1. The van der Waals surface area contributed by atoms with Crippen molar-refractivity contribution in [3.63, 3.8) is 0 Å². The van der Waals surface area contributed by atoms with Gasteiger partial charge in [0.2, 0.25) is 0 Å². The molecule has 0 heterocycles. The lowest BCUT2D eigenvalue weighted by Gasteiger charge is -2.69. The summed E-state index contributed by atoms with van der Waals surface area (Å²) in [6, 6.07) is 1.92. The van der Waals surface area contributed by atoms with Gasteiger partial charge in [-0.15, -0.1) is 11.8 Å². The molecule has 0 saturated heterocycles. The fourth-order valence-corrected chi connectivity index (χ4v) is 10.8. The number of rotatable bonds is 4. The van der Waals surface area contributed by atoms with E-state index in [0.717, 1.165) is 23.8 Å². The van der Waals surface area contributed by atoms with Gasteiger partial charge in [0.1, 0.15) is 0 Å². The third-order valence-electron chi connectivity index (χ3n) is 11.9. The van der Waals surface area contributed by atoms with Crippen LogP contribution in [0.5, 0.6) is 11.5 Å². The van der Waals surface area contributed by atoms with Gasteiger partial charge in [0.15, 0.2) is 11.5 Å². The van der Waals surface area contributed by atoms with Crippen LogP contribution in [0.1, 0.15) is 129 Å². The van der Waals surface area contributed by atoms with Crippen molar-refractivity contribution in [3.05, 3.63) is 34.4 Å². The van der Waals surface area contributed by atoms with E-state index in [2.05, 4.69) is 54.5 Å². The number of thioether (sulfide) groups is 1. The molecule has 0 aromatic heterocycles. The summed E-state index contributed by atoms with van der Waals surface area (Å²) in [6.07, 6.45) is 10.4. The molecular formula is C35H52O4S. The predicted octanol–water partition coefficient (Wildman–Crippen LogP) is 10.0. The van der Waals surface area contributed by atoms with E-state index in [-0.39, 0.29) is 39.1 Å². The van der Waals surface area contributed by atoms with E-state index in [1.807, 2.05) is 24.8 Å². The molecule has 1 N–H and O–H groups in total. The smallest absolute Gasteiger partial charge is 0.504 e. The van der Waals surface area contributed by atoms with Gasteiger partial charge in [0.05, 0.1) is 6.10 Å². The molecule has 4 aliphatic carbocycles. The Balaban J connectivity index is 1.65. The zero-order valence-electron chi connectivity index (χ0n) is 26.6. The van der Waals surface area contributed by atoms with E-state index in [1.54, 1.807) is 19.4 Å². The van der Waals surface area contributed by atoms with E-state index in [1.165, 1.54) is 49.7 Å². The zero-order chi connectivity index (χ0) is 29.4. The molecule has 1 aromatic carbocycles. The highest BCUT2D eigenvalue weighted by atomic mass is 32.2. The number of allylic oxidation sites excluding steroid dienone is 1. The molecule has 0 radical (unpaired) electrons. The third-order valence-corrected chi connectivity index (χ3v) is 13.1. The molecule has 7 atom stereocenters. The normalized spacial score (nSPS) is 38.6. The van der Waals surface area contributed by atoms with Gasteiger partial charge in [-0.25, -0.2) is 4.79 Å². The summed E-state index contributed by atoms with van der Waals surface area (Å²) in [5.74, 6) is 1.80. The summed E-state index contributed by atoms with van der Waals surface area (Å²) in [5, 5.41) is 11.9. The van der Waals surface area contributed by atoms with Crippen LogP contribution >= 0.6 is 11.8 Å². The fourth-order valence-electron chi connectivity index (χ4n) is 9.57. The predicted molar refractivity (Wildman–Crippen MR) is 165 cm³/mol. The number of benzene rings is 1. The average molecular weight is 569 g/mol. The lowest BCUT2D eigenvalue weighted by atomic mass is 9.35. The van der Waals surface area contributed by atoms with Crippen molar-refractivity contribution in [2.75, 3.05) is 0 Å². The second-order valence-electron chi connectivity index (χ2n) is 15.2. The molecule has 1 aromatic rings. The maximum Gasteiger partial charge on any atom is 0.514 e. The minimum Gasteiger partial charge on any atom is -0.504 e. The maximum atomic E-state index is 12.5. The SMILES string of the molecule is Cc1c(OC(=O)OC(C)C)c(O)cc2c1C(SC(C)C)C=C1[C@@]2(C)CC[C@@]2(C)[C@@H]3C[C@@H](C)CC[C@]3(C)CC[C@]12C. The van der Waals surface area contributed by atoms with E-state index in [0.29, 0.717) is 10.7 Å². The summed E-state index contributed by atoms with van der Waals surface area (Å²) in [6.45, 7) is 22.8. The molecule has 3 fully saturated rings. The summed E-state index contributed by atoms with van der Waals surface area (Å²) in [4.78, 5) is 12.5. The Hall–Kier alpha value is -1.62. The number of hydrogen-bond donors (Lipinski definition) is 1. The van der Waals surface area contributed by atoms with Crippen LogP contribution in [0.2, 0.25) is 0 Å². The first-order chi connectivity index (χ1) is 18.6. The van der Waals surface area contributed by atoms with Gasteiger partial charge < -0.3 is 14.6 Å². The van der Waals surface area contributed by atoms with Crippen LogP contribution in [0.25, 0.3) is 0 Å². The van der Waals surface area contributed by atoms with E-state index in [9.17, 15) is 9.90 Å². The maximum absolute atomic E-state index is 12.5. The van der Waals surface area contributed by atoms with Crippen LogP contribution in [0.3, 0.4) is 0 Å². The largest absolute Gasteiger partial charge is 0.514 e. The molecule has 222 valence electrons. The lowest BCUT2D eigenvalue weighted by Crippen LogP contribution is -2.61. The summed E-state index contributed by atoms with van der Waals surface area (Å²) in [5.41, 5.74) is 5.50. The van der Waals surface area contributed by atoms with Gasteiger partial charge in [0.25, 0.3) is 0 Å². The Morgan fingerprint density at radius 2 is 1.75 bits per heavy atom. The van der Waals surface area contributed by atoms with Crippen molar-refractivity contribution in [1.82, 2.24) is 0 Å². The zero-order valence-corrected chi connectivity index (χ0v) is 27.4. The van der Waals surface area contributed by atoms with Crippen molar-refractivity contribution < 1.29 is 19.4 Å². The number of phenolic OH excluding ortho intramolecular Hbond substituents is 1. The van der Waals surface area contributed by atoms with Crippen molar-refractivity contribution >= 4 is 17.9 Å². The number of phenols is 1. The van der Waals surface area contributed by atoms with Crippen LogP contribution in [0.15, 0.2) is 17.7 Å². The molecule has 0 spiro atoms. The highest BCUT2D eigenvalue weighted by molar-refractivity contribution is 8.00. The van der Waals surface area contributed by atoms with Crippen LogP contribution < -0.4 is 4.74 Å². The number of carbonyl (C=O) groups is 1. The number of carbonyl (C=O) groups excluding carboxylic acids is 1. The molecule has 3 saturated carbocycles. The highest BCUT2D eigenvalue weighted by Gasteiger charge is 2.65. The molecule has 4 aliphatic rings. The monoisotopic (exact) mass is 568 g/mol. The molecule has 0 bridgehead atoms. The first-order valence-corrected chi connectivity index (χ1v) is 16.6. The molecule has 0 amide bonds. The quantitative estimate of drug-likeness (QED) is 0.222. The van der Waals surface area contributed by atoms with Crippen LogP contribution in [0, 0.1) is 35.0 Å². The molecule has 5 heteroatoms. The number of aromatic hydroxyl groups is 1. The lowest BCUT2D eigenvalue weighted by molar-refractivity contribution is -0.145. The van der Waals surface area contributed by atoms with Gasteiger partial charge in [-0.3, -0.25) is 0 Å². The van der Waals surface area contributed by atoms with Crippen molar-refractivity contribution in [3.8, 4) is 11.5 Å². The van der Waals surface area contributed by atoms with Crippen LogP contribution in [-0.4, -0.2) is 22.6 Å². The molecule has 4 nitrogen and oxygen atoms in total. The Morgan fingerprint density at radius 1 is 1.05 bits per heavy atom. The Labute approximate surface area is 247 Å². The van der Waals surface area contributed by atoms with Gasteiger partial charge in [-0.1, -0.05) is 66.5 Å². The first kappa shape index (κ1) is 29.9. The Morgan fingerprint density at radius 3 is 2.40 bits per heavy atom. The molecule has 1 unspecified atom stereocenters. The van der Waals surface area contributed by atoms with E-state index in [4.69, 9.17) is 9.47 Å². The Bertz CT molecular complexity index is 1220. The molecular weight excluding hydrogens is 516 g/mol. The fraction of sp³-hybridized carbons (Fsp3) is 0.743. The van der Waals surface area contributed by atoms with E-state index >= 15 is 0 Å². The number of fused-ring (bicyclic) bond motifs is 7. The van der Waals surface area contributed by atoms with E-state index < -0.39 is 6.16 Å². The minimum absolute atomic E-state index is 0.0311. The van der Waals surface area contributed by atoms with Crippen molar-refractivity contribution in [2.24, 2.45) is 28.1 Å². The number of hydrogen-bond acceptors (Lipinski definition) is 5. The van der Waals surface area contributed by atoms with Crippen molar-refractivity contribution in [1.29, 1.82) is 0 Å². The molecule has 0 aliphatic heterocycles. The second kappa shape index (κ2) is 9.99. The topological polar surface area (TPSA) is 55.8 Å². The summed E-state index contributed by atoms with van der Waals surface area (Å²) >= 11 is 1.96. The molecule has 5 rings (SSSR count). The second-order valence-corrected chi connectivity index (χ2v) is 16.9. The van der Waals surface area contributed by atoms with Crippen molar-refractivity contribution in [2.45, 2.75) is 136 Å². The third kappa shape index (κ3) is 4.43. The highest BCUT2D eigenvalue weighted by Crippen LogP contribution is 2.74. The van der Waals surface area contributed by atoms with Gasteiger partial charge >= 0.3 is 6.16 Å². The summed E-state index contributed by atoms with van der Waals surface area (Å²) in [7, 11) is 0. The minimum atomic E-state index is -0.771. The average Bonchev–Trinajstić information content (AvgIpc) is 2.85.